The number of carboxylic acid groups (broad SMARTS) is 1. The average molecular weight is 263 g/mol. The zero-order chi connectivity index (χ0) is 14.1. The van der Waals surface area contributed by atoms with Crippen molar-refractivity contribution in [1.82, 2.24) is 0 Å². The first-order valence-electron chi connectivity index (χ1n) is 6.63. The van der Waals surface area contributed by atoms with Crippen LogP contribution >= 0.6 is 0 Å². The predicted molar refractivity (Wildman–Crippen MR) is 74.6 cm³/mol. The van der Waals surface area contributed by atoms with Crippen LogP contribution in [-0.4, -0.2) is 22.0 Å². The molecule has 4 nitrogen and oxygen atoms in total. The minimum atomic E-state index is -0.848. The highest BCUT2D eigenvalue weighted by molar-refractivity contribution is 5.88. The fraction of sp³-hybridized carbons (Fsp3) is 0.467. The van der Waals surface area contributed by atoms with Gasteiger partial charge < -0.3 is 10.3 Å². The topological polar surface area (TPSA) is 69.9 Å². The minimum Gasteiger partial charge on any atom is -0.481 e. The van der Waals surface area contributed by atoms with Crippen molar-refractivity contribution in [2.45, 2.75) is 39.0 Å². The molecule has 0 aromatic heterocycles. The van der Waals surface area contributed by atoms with Gasteiger partial charge in [-0.25, -0.2) is 0 Å². The molecule has 0 aliphatic rings. The Balaban J connectivity index is 2.51. The van der Waals surface area contributed by atoms with Gasteiger partial charge in [-0.15, -0.1) is 0 Å². The van der Waals surface area contributed by atoms with Crippen LogP contribution in [-0.2, 0) is 11.2 Å². The lowest BCUT2D eigenvalue weighted by atomic mass is 9.91. The number of rotatable bonds is 8. The maximum absolute atomic E-state index is 10.8. The molecule has 0 amide bonds. The van der Waals surface area contributed by atoms with Gasteiger partial charge in [0.1, 0.15) is 0 Å². The van der Waals surface area contributed by atoms with Crippen molar-refractivity contribution in [3.8, 4) is 0 Å². The molecule has 0 saturated heterocycles. The molecule has 0 bridgehead atoms. The van der Waals surface area contributed by atoms with Crippen LogP contribution in [0.2, 0.25) is 0 Å². The third-order valence-corrected chi connectivity index (χ3v) is 3.24. The van der Waals surface area contributed by atoms with Gasteiger partial charge in [0.15, 0.2) is 0 Å². The summed E-state index contributed by atoms with van der Waals surface area (Å²) < 4.78 is 0. The summed E-state index contributed by atoms with van der Waals surface area (Å²) in [6.45, 7) is 1.88. The number of nitrogens with zero attached hydrogens (tertiary/aromatic N) is 1. The van der Waals surface area contributed by atoms with Gasteiger partial charge in [-0.2, -0.15) is 0 Å². The summed E-state index contributed by atoms with van der Waals surface area (Å²) in [6.07, 6.45) is 3.15. The van der Waals surface area contributed by atoms with Crippen LogP contribution in [0.1, 0.15) is 38.2 Å². The van der Waals surface area contributed by atoms with E-state index in [2.05, 4.69) is 17.3 Å². The highest BCUT2D eigenvalue weighted by Crippen LogP contribution is 2.18. The Morgan fingerprint density at radius 3 is 2.53 bits per heavy atom. The number of hydrogen-bond donors (Lipinski definition) is 2. The zero-order valence-electron chi connectivity index (χ0n) is 11.2. The maximum Gasteiger partial charge on any atom is 0.304 e. The van der Waals surface area contributed by atoms with Crippen molar-refractivity contribution in [3.05, 3.63) is 35.9 Å². The number of oxime groups is 1. The van der Waals surface area contributed by atoms with E-state index in [0.717, 1.165) is 19.3 Å². The Hall–Kier alpha value is -1.84. The van der Waals surface area contributed by atoms with Crippen LogP contribution < -0.4 is 0 Å². The number of benzene rings is 1. The van der Waals surface area contributed by atoms with Crippen LogP contribution in [0.5, 0.6) is 0 Å². The van der Waals surface area contributed by atoms with Crippen LogP contribution in [0.25, 0.3) is 0 Å². The second-order valence-electron chi connectivity index (χ2n) is 4.62. The molecule has 0 saturated carbocycles. The number of aryl methyl sites for hydroxylation is 1. The van der Waals surface area contributed by atoms with Gasteiger partial charge in [0, 0.05) is 5.92 Å². The van der Waals surface area contributed by atoms with Crippen molar-refractivity contribution < 1.29 is 15.1 Å². The van der Waals surface area contributed by atoms with E-state index >= 15 is 0 Å². The van der Waals surface area contributed by atoms with E-state index in [0.29, 0.717) is 12.1 Å². The van der Waals surface area contributed by atoms with Crippen LogP contribution in [0.15, 0.2) is 35.5 Å². The Bertz CT molecular complexity index is 415. The first-order chi connectivity index (χ1) is 9.17. The molecule has 0 aliphatic heterocycles. The van der Waals surface area contributed by atoms with Gasteiger partial charge in [0.25, 0.3) is 0 Å². The summed E-state index contributed by atoms with van der Waals surface area (Å²) in [5.41, 5.74) is 1.83. The van der Waals surface area contributed by atoms with Crippen LogP contribution in [0, 0.1) is 5.92 Å². The van der Waals surface area contributed by atoms with Crippen molar-refractivity contribution in [1.29, 1.82) is 0 Å². The van der Waals surface area contributed by atoms with Crippen LogP contribution in [0.3, 0.4) is 0 Å². The SMILES string of the molecule is CC/C(=N\O)C(CCCc1ccccc1)CC(=O)O. The van der Waals surface area contributed by atoms with Gasteiger partial charge in [-0.05, 0) is 31.2 Å². The summed E-state index contributed by atoms with van der Waals surface area (Å²) in [5, 5.41) is 21.1. The largest absolute Gasteiger partial charge is 0.481 e. The molecule has 0 radical (unpaired) electrons. The molecule has 19 heavy (non-hydrogen) atoms. The van der Waals surface area contributed by atoms with Crippen molar-refractivity contribution in [3.63, 3.8) is 0 Å². The smallest absolute Gasteiger partial charge is 0.304 e. The van der Waals surface area contributed by atoms with Gasteiger partial charge in [0.2, 0.25) is 0 Å². The lowest BCUT2D eigenvalue weighted by Gasteiger charge is -2.15. The van der Waals surface area contributed by atoms with E-state index in [9.17, 15) is 4.79 Å². The fourth-order valence-electron chi connectivity index (χ4n) is 2.24. The van der Waals surface area contributed by atoms with E-state index in [-0.39, 0.29) is 12.3 Å². The maximum atomic E-state index is 10.8. The first kappa shape index (κ1) is 15.2. The Kier molecular flexibility index (Phi) is 6.64. The van der Waals surface area contributed by atoms with Crippen molar-refractivity contribution in [2.75, 3.05) is 0 Å². The van der Waals surface area contributed by atoms with Crippen LogP contribution in [0.4, 0.5) is 0 Å². The Morgan fingerprint density at radius 2 is 2.00 bits per heavy atom. The quantitative estimate of drug-likeness (QED) is 0.429. The molecule has 2 N–H and O–H groups in total. The summed E-state index contributed by atoms with van der Waals surface area (Å²) in [5.74, 6) is -1.02. The van der Waals surface area contributed by atoms with Gasteiger partial charge in [-0.1, -0.05) is 42.4 Å². The van der Waals surface area contributed by atoms with Gasteiger partial charge in [-0.3, -0.25) is 4.79 Å². The average Bonchev–Trinajstić information content (AvgIpc) is 2.40. The van der Waals surface area contributed by atoms with Gasteiger partial charge in [0.05, 0.1) is 12.1 Å². The standard InChI is InChI=1S/C15H21NO3/c1-2-14(16-19)13(11-15(17)18)10-6-9-12-7-4-3-5-8-12/h3-5,7-8,13,19H,2,6,9-11H2,1H3,(H,17,18)/b16-14+. The first-order valence-corrected chi connectivity index (χ1v) is 6.63. The number of hydrogen-bond acceptors (Lipinski definition) is 3. The summed E-state index contributed by atoms with van der Waals surface area (Å²) in [6, 6.07) is 10.1. The number of carboxylic acids is 1. The monoisotopic (exact) mass is 263 g/mol. The third kappa shape index (κ3) is 5.55. The lowest BCUT2D eigenvalue weighted by Crippen LogP contribution is -2.18. The molecule has 0 spiro atoms. The molecule has 0 fully saturated rings. The molecule has 104 valence electrons. The highest BCUT2D eigenvalue weighted by atomic mass is 16.4. The number of carbonyl (C=O) groups is 1. The second kappa shape index (κ2) is 8.29. The third-order valence-electron chi connectivity index (χ3n) is 3.24. The molecular formula is C15H21NO3. The van der Waals surface area contributed by atoms with Gasteiger partial charge >= 0.3 is 5.97 Å². The van der Waals surface area contributed by atoms with E-state index in [4.69, 9.17) is 10.3 Å². The molecule has 1 unspecified atom stereocenters. The summed E-state index contributed by atoms with van der Waals surface area (Å²) in [4.78, 5) is 10.8. The summed E-state index contributed by atoms with van der Waals surface area (Å²) in [7, 11) is 0. The Labute approximate surface area is 113 Å². The lowest BCUT2D eigenvalue weighted by molar-refractivity contribution is -0.137. The fourth-order valence-corrected chi connectivity index (χ4v) is 2.24. The van der Waals surface area contributed by atoms with Crippen molar-refractivity contribution in [2.24, 2.45) is 11.1 Å². The molecule has 1 rings (SSSR count). The summed E-state index contributed by atoms with van der Waals surface area (Å²) >= 11 is 0. The predicted octanol–water partition coefficient (Wildman–Crippen LogP) is 3.34. The molecule has 1 aromatic carbocycles. The molecular weight excluding hydrogens is 242 g/mol. The number of aliphatic carboxylic acids is 1. The molecule has 0 heterocycles. The van der Waals surface area contributed by atoms with E-state index in [1.165, 1.54) is 5.56 Å². The normalized spacial score (nSPS) is 13.2. The Morgan fingerprint density at radius 1 is 1.32 bits per heavy atom. The molecule has 1 atom stereocenters. The molecule has 1 aromatic rings. The molecule has 0 aliphatic carbocycles. The second-order valence-corrected chi connectivity index (χ2v) is 4.62. The highest BCUT2D eigenvalue weighted by Gasteiger charge is 2.18. The van der Waals surface area contributed by atoms with Crippen molar-refractivity contribution >= 4 is 11.7 Å². The molecule has 4 heteroatoms. The zero-order valence-corrected chi connectivity index (χ0v) is 11.2. The minimum absolute atomic E-state index is 0.0298. The van der Waals surface area contributed by atoms with E-state index in [1.807, 2.05) is 25.1 Å². The van der Waals surface area contributed by atoms with E-state index < -0.39 is 5.97 Å². The van der Waals surface area contributed by atoms with E-state index in [1.54, 1.807) is 0 Å².